The second kappa shape index (κ2) is 5.00. The zero-order valence-corrected chi connectivity index (χ0v) is 9.69. The fourth-order valence-electron chi connectivity index (χ4n) is 1.52. The highest BCUT2D eigenvalue weighted by atomic mass is 19.1. The predicted molar refractivity (Wildman–Crippen MR) is 62.1 cm³/mol. The molecule has 0 fully saturated rings. The van der Waals surface area contributed by atoms with Crippen molar-refractivity contribution in [3.05, 3.63) is 69.6 Å². The van der Waals surface area contributed by atoms with Crippen LogP contribution in [-0.4, -0.2) is 4.73 Å². The SMILES string of the molecule is Cc1cccc(=O)n1OCc1ccc(F)cc1F. The van der Waals surface area contributed by atoms with Crippen molar-refractivity contribution < 1.29 is 13.6 Å². The Morgan fingerprint density at radius 3 is 2.67 bits per heavy atom. The molecule has 18 heavy (non-hydrogen) atoms. The molecule has 0 spiro atoms. The van der Waals surface area contributed by atoms with Crippen LogP contribution in [-0.2, 0) is 6.61 Å². The standard InChI is InChI=1S/C13H11F2NO2/c1-9-3-2-4-13(17)16(9)18-8-10-5-6-11(14)7-12(10)15/h2-7H,8H2,1H3. The smallest absolute Gasteiger partial charge is 0.283 e. The first-order chi connectivity index (χ1) is 8.58. The van der Waals surface area contributed by atoms with Gasteiger partial charge in [0, 0.05) is 17.7 Å². The van der Waals surface area contributed by atoms with Gasteiger partial charge in [-0.3, -0.25) is 4.79 Å². The molecule has 94 valence electrons. The van der Waals surface area contributed by atoms with Gasteiger partial charge in [0.2, 0.25) is 0 Å². The zero-order chi connectivity index (χ0) is 13.1. The summed E-state index contributed by atoms with van der Waals surface area (Å²) in [4.78, 5) is 16.7. The molecule has 1 heterocycles. The van der Waals surface area contributed by atoms with Crippen molar-refractivity contribution >= 4 is 0 Å². The first-order valence-electron chi connectivity index (χ1n) is 5.34. The second-order valence-corrected chi connectivity index (χ2v) is 3.81. The van der Waals surface area contributed by atoms with Gasteiger partial charge < -0.3 is 4.84 Å². The molecule has 5 heteroatoms. The van der Waals surface area contributed by atoms with Crippen molar-refractivity contribution in [2.24, 2.45) is 0 Å². The topological polar surface area (TPSA) is 31.2 Å². The Morgan fingerprint density at radius 1 is 1.22 bits per heavy atom. The van der Waals surface area contributed by atoms with E-state index in [1.807, 2.05) is 0 Å². The van der Waals surface area contributed by atoms with Gasteiger partial charge in [-0.1, -0.05) is 6.07 Å². The van der Waals surface area contributed by atoms with Crippen molar-refractivity contribution in [2.45, 2.75) is 13.5 Å². The van der Waals surface area contributed by atoms with Crippen LogP contribution in [0.5, 0.6) is 0 Å². The number of nitrogens with zero attached hydrogens (tertiary/aromatic N) is 1. The number of benzene rings is 1. The molecule has 3 nitrogen and oxygen atoms in total. The maximum absolute atomic E-state index is 13.3. The molecule has 1 aromatic carbocycles. The second-order valence-electron chi connectivity index (χ2n) is 3.81. The quantitative estimate of drug-likeness (QED) is 0.836. The average Bonchev–Trinajstić information content (AvgIpc) is 2.31. The van der Waals surface area contributed by atoms with E-state index in [1.54, 1.807) is 19.1 Å². The van der Waals surface area contributed by atoms with Gasteiger partial charge in [0.05, 0.1) is 5.69 Å². The van der Waals surface area contributed by atoms with Crippen LogP contribution in [0.2, 0.25) is 0 Å². The monoisotopic (exact) mass is 251 g/mol. The highest BCUT2D eigenvalue weighted by molar-refractivity contribution is 5.17. The number of halogens is 2. The largest absolute Gasteiger partial charge is 0.406 e. The molecule has 2 aromatic rings. The van der Waals surface area contributed by atoms with E-state index in [0.717, 1.165) is 16.9 Å². The number of aromatic nitrogens is 1. The maximum Gasteiger partial charge on any atom is 0.283 e. The van der Waals surface area contributed by atoms with Gasteiger partial charge in [-0.15, -0.1) is 4.73 Å². The molecule has 0 saturated carbocycles. The molecule has 0 N–H and O–H groups in total. The first kappa shape index (κ1) is 12.3. The predicted octanol–water partition coefficient (Wildman–Crippen LogP) is 2.06. The summed E-state index contributed by atoms with van der Waals surface area (Å²) in [5.74, 6) is -1.35. The lowest BCUT2D eigenvalue weighted by Crippen LogP contribution is -2.27. The third-order valence-electron chi connectivity index (χ3n) is 2.46. The minimum atomic E-state index is -0.698. The van der Waals surface area contributed by atoms with Crippen LogP contribution >= 0.6 is 0 Å². The van der Waals surface area contributed by atoms with Gasteiger partial charge >= 0.3 is 0 Å². The van der Waals surface area contributed by atoms with Crippen LogP contribution < -0.4 is 10.4 Å². The summed E-state index contributed by atoms with van der Waals surface area (Å²) in [6, 6.07) is 7.85. The minimum Gasteiger partial charge on any atom is -0.406 e. The highest BCUT2D eigenvalue weighted by Gasteiger charge is 2.06. The molecule has 0 saturated heterocycles. The fourth-order valence-corrected chi connectivity index (χ4v) is 1.52. The van der Waals surface area contributed by atoms with Crippen molar-refractivity contribution in [3.63, 3.8) is 0 Å². The summed E-state index contributed by atoms with van der Waals surface area (Å²) in [7, 11) is 0. The molecule has 0 aliphatic heterocycles. The van der Waals surface area contributed by atoms with Crippen LogP contribution in [0.3, 0.4) is 0 Å². The molecule has 0 radical (unpaired) electrons. The number of hydrogen-bond acceptors (Lipinski definition) is 2. The van der Waals surface area contributed by atoms with E-state index >= 15 is 0 Å². The third-order valence-corrected chi connectivity index (χ3v) is 2.46. The number of rotatable bonds is 3. The van der Waals surface area contributed by atoms with Gasteiger partial charge in [-0.05, 0) is 25.1 Å². The Bertz CT molecular complexity index is 623. The molecule has 0 unspecified atom stereocenters. The van der Waals surface area contributed by atoms with Gasteiger partial charge in [-0.2, -0.15) is 0 Å². The van der Waals surface area contributed by atoms with Crippen molar-refractivity contribution in [2.75, 3.05) is 0 Å². The van der Waals surface area contributed by atoms with Crippen molar-refractivity contribution in [3.8, 4) is 0 Å². The highest BCUT2D eigenvalue weighted by Crippen LogP contribution is 2.09. The van der Waals surface area contributed by atoms with E-state index < -0.39 is 11.6 Å². The van der Waals surface area contributed by atoms with Crippen LogP contribution in [0.25, 0.3) is 0 Å². The van der Waals surface area contributed by atoms with E-state index in [4.69, 9.17) is 4.84 Å². The Balaban J connectivity index is 2.19. The van der Waals surface area contributed by atoms with Crippen LogP contribution in [0.4, 0.5) is 8.78 Å². The van der Waals surface area contributed by atoms with E-state index in [1.165, 1.54) is 12.1 Å². The average molecular weight is 251 g/mol. The Morgan fingerprint density at radius 2 is 2.00 bits per heavy atom. The molecule has 0 aliphatic rings. The van der Waals surface area contributed by atoms with Crippen molar-refractivity contribution in [1.82, 2.24) is 4.73 Å². The summed E-state index contributed by atoms with van der Waals surface area (Å²) in [6.07, 6.45) is 0. The van der Waals surface area contributed by atoms with E-state index in [-0.39, 0.29) is 17.7 Å². The van der Waals surface area contributed by atoms with Crippen LogP contribution in [0.15, 0.2) is 41.2 Å². The normalized spacial score (nSPS) is 10.4. The van der Waals surface area contributed by atoms with Gasteiger partial charge in [0.15, 0.2) is 0 Å². The summed E-state index contributed by atoms with van der Waals surface area (Å²) in [6.45, 7) is 1.55. The molecule has 2 rings (SSSR count). The van der Waals surface area contributed by atoms with E-state index in [0.29, 0.717) is 5.69 Å². The molecule has 0 amide bonds. The third kappa shape index (κ3) is 2.56. The van der Waals surface area contributed by atoms with E-state index in [9.17, 15) is 13.6 Å². The minimum absolute atomic E-state index is 0.142. The Kier molecular flexibility index (Phi) is 3.41. The number of aryl methyl sites for hydroxylation is 1. The van der Waals surface area contributed by atoms with Gasteiger partial charge in [-0.25, -0.2) is 8.78 Å². The summed E-state index contributed by atoms with van der Waals surface area (Å²) in [5, 5.41) is 0. The van der Waals surface area contributed by atoms with Crippen LogP contribution in [0, 0.1) is 18.6 Å². The first-order valence-corrected chi connectivity index (χ1v) is 5.34. The molecule has 0 atom stereocenters. The number of hydrogen-bond donors (Lipinski definition) is 0. The van der Waals surface area contributed by atoms with Crippen LogP contribution in [0.1, 0.15) is 11.3 Å². The summed E-state index contributed by atoms with van der Waals surface area (Å²) < 4.78 is 27.1. The maximum atomic E-state index is 13.3. The lowest BCUT2D eigenvalue weighted by atomic mass is 10.2. The zero-order valence-electron chi connectivity index (χ0n) is 9.69. The lowest BCUT2D eigenvalue weighted by Gasteiger charge is -2.11. The Labute approximate surface area is 102 Å². The van der Waals surface area contributed by atoms with Gasteiger partial charge in [0.1, 0.15) is 18.2 Å². The summed E-state index contributed by atoms with van der Waals surface area (Å²) >= 11 is 0. The molecule has 1 aromatic heterocycles. The summed E-state index contributed by atoms with van der Waals surface area (Å²) in [5.41, 5.74) is 0.453. The molecule has 0 bridgehead atoms. The van der Waals surface area contributed by atoms with Gasteiger partial charge in [0.25, 0.3) is 5.56 Å². The van der Waals surface area contributed by atoms with Crippen molar-refractivity contribution in [1.29, 1.82) is 0 Å². The number of pyridine rings is 1. The molecular weight excluding hydrogens is 240 g/mol. The fraction of sp³-hybridized carbons (Fsp3) is 0.154. The molecular formula is C13H11F2NO2. The van der Waals surface area contributed by atoms with E-state index in [2.05, 4.69) is 0 Å². The lowest BCUT2D eigenvalue weighted by molar-refractivity contribution is 0.0826. The Hall–Kier alpha value is -2.17. The molecule has 0 aliphatic carbocycles.